The zero-order valence-electron chi connectivity index (χ0n) is 16.3. The number of benzene rings is 1. The molecule has 1 fully saturated rings. The molecule has 7 heteroatoms. The maximum Gasteiger partial charge on any atom is 0.231 e. The quantitative estimate of drug-likeness (QED) is 0.586. The predicted molar refractivity (Wildman–Crippen MR) is 105 cm³/mol. The van der Waals surface area contributed by atoms with Crippen LogP contribution in [0.3, 0.4) is 0 Å². The number of guanidine groups is 1. The molecule has 1 amide bonds. The van der Waals surface area contributed by atoms with Gasteiger partial charge in [0.2, 0.25) is 12.7 Å². The van der Waals surface area contributed by atoms with Gasteiger partial charge in [-0.1, -0.05) is 6.07 Å². The summed E-state index contributed by atoms with van der Waals surface area (Å²) < 4.78 is 10.8. The molecule has 2 aliphatic heterocycles. The molecule has 0 unspecified atom stereocenters. The van der Waals surface area contributed by atoms with Gasteiger partial charge in [-0.15, -0.1) is 0 Å². The molecule has 3 rings (SSSR count). The molecule has 2 N–H and O–H groups in total. The summed E-state index contributed by atoms with van der Waals surface area (Å²) in [4.78, 5) is 18.7. The second-order valence-electron chi connectivity index (χ2n) is 6.98. The molecule has 1 aromatic rings. The molecule has 0 bridgehead atoms. The fourth-order valence-corrected chi connectivity index (χ4v) is 3.53. The molecule has 0 atom stereocenters. The van der Waals surface area contributed by atoms with Crippen LogP contribution in [0, 0.1) is 5.92 Å². The van der Waals surface area contributed by atoms with E-state index in [2.05, 4.69) is 28.5 Å². The highest BCUT2D eigenvalue weighted by molar-refractivity contribution is 5.80. The highest BCUT2D eigenvalue weighted by Gasteiger charge is 2.23. The Kier molecular flexibility index (Phi) is 6.79. The van der Waals surface area contributed by atoms with E-state index in [1.165, 1.54) is 5.56 Å². The topological polar surface area (TPSA) is 75.2 Å². The Morgan fingerprint density at radius 3 is 2.78 bits per heavy atom. The largest absolute Gasteiger partial charge is 0.454 e. The molecule has 2 aliphatic rings. The number of ether oxygens (including phenoxy) is 2. The molecule has 27 heavy (non-hydrogen) atoms. The van der Waals surface area contributed by atoms with E-state index in [1.807, 2.05) is 12.1 Å². The van der Waals surface area contributed by atoms with Crippen molar-refractivity contribution in [1.82, 2.24) is 15.5 Å². The highest BCUT2D eigenvalue weighted by atomic mass is 16.7. The van der Waals surface area contributed by atoms with Crippen molar-refractivity contribution in [3.63, 3.8) is 0 Å². The van der Waals surface area contributed by atoms with E-state index >= 15 is 0 Å². The molecule has 0 aromatic heterocycles. The summed E-state index contributed by atoms with van der Waals surface area (Å²) in [5.41, 5.74) is 1.20. The first-order valence-electron chi connectivity index (χ1n) is 9.82. The first-order chi connectivity index (χ1) is 13.2. The van der Waals surface area contributed by atoms with Gasteiger partial charge in [0.05, 0.1) is 0 Å². The van der Waals surface area contributed by atoms with Crippen LogP contribution in [0.15, 0.2) is 23.2 Å². The third kappa shape index (κ3) is 5.28. The lowest BCUT2D eigenvalue weighted by molar-refractivity contribution is -0.121. The second-order valence-corrected chi connectivity index (χ2v) is 6.98. The fourth-order valence-electron chi connectivity index (χ4n) is 3.53. The van der Waals surface area contributed by atoms with Gasteiger partial charge in [0, 0.05) is 39.6 Å². The monoisotopic (exact) mass is 374 g/mol. The SMILES string of the molecule is CCNC(=NCCc1ccc2c(c1)OCO2)N1CCC(CC(=O)NC)CC1. The number of nitrogens with zero attached hydrogens (tertiary/aromatic N) is 2. The summed E-state index contributed by atoms with van der Waals surface area (Å²) in [5, 5.41) is 6.12. The third-order valence-electron chi connectivity index (χ3n) is 5.10. The molecular formula is C20H30N4O3. The van der Waals surface area contributed by atoms with Gasteiger partial charge in [0.25, 0.3) is 0 Å². The minimum atomic E-state index is 0.137. The summed E-state index contributed by atoms with van der Waals surface area (Å²) in [6.45, 7) is 5.85. The molecule has 2 heterocycles. The van der Waals surface area contributed by atoms with E-state index in [-0.39, 0.29) is 5.91 Å². The molecule has 0 radical (unpaired) electrons. The van der Waals surface area contributed by atoms with Crippen LogP contribution in [0.4, 0.5) is 0 Å². The van der Waals surface area contributed by atoms with Crippen LogP contribution in [0.2, 0.25) is 0 Å². The van der Waals surface area contributed by atoms with Crippen LogP contribution in [-0.4, -0.2) is 56.8 Å². The Hall–Kier alpha value is -2.44. The van der Waals surface area contributed by atoms with Gasteiger partial charge in [-0.05, 0) is 49.8 Å². The Labute approximate surface area is 161 Å². The number of aliphatic imine (C=N–C) groups is 1. The van der Waals surface area contributed by atoms with E-state index in [1.54, 1.807) is 7.05 Å². The molecular weight excluding hydrogens is 344 g/mol. The number of hydrogen-bond donors (Lipinski definition) is 2. The van der Waals surface area contributed by atoms with Gasteiger partial charge < -0.3 is 25.0 Å². The maximum absolute atomic E-state index is 11.6. The second kappa shape index (κ2) is 9.48. The van der Waals surface area contributed by atoms with E-state index in [0.717, 1.165) is 62.9 Å². The first-order valence-corrected chi connectivity index (χ1v) is 9.82. The zero-order chi connectivity index (χ0) is 19.1. The number of hydrogen-bond acceptors (Lipinski definition) is 4. The molecule has 148 valence electrons. The summed E-state index contributed by atoms with van der Waals surface area (Å²) in [7, 11) is 1.70. The van der Waals surface area contributed by atoms with Crippen molar-refractivity contribution in [2.24, 2.45) is 10.9 Å². The van der Waals surface area contributed by atoms with Crippen LogP contribution in [-0.2, 0) is 11.2 Å². The number of amides is 1. The van der Waals surface area contributed by atoms with E-state index in [9.17, 15) is 4.79 Å². The summed E-state index contributed by atoms with van der Waals surface area (Å²) in [6, 6.07) is 6.07. The molecule has 1 saturated heterocycles. The summed E-state index contributed by atoms with van der Waals surface area (Å²) in [5.74, 6) is 3.21. The van der Waals surface area contributed by atoms with Gasteiger partial charge in [-0.2, -0.15) is 0 Å². The predicted octanol–water partition coefficient (Wildman–Crippen LogP) is 1.77. The van der Waals surface area contributed by atoms with Gasteiger partial charge >= 0.3 is 0 Å². The number of carbonyl (C=O) groups is 1. The fraction of sp³-hybridized carbons (Fsp3) is 0.600. The molecule has 7 nitrogen and oxygen atoms in total. The van der Waals surface area contributed by atoms with Crippen molar-refractivity contribution in [1.29, 1.82) is 0 Å². The molecule has 1 aromatic carbocycles. The zero-order valence-corrected chi connectivity index (χ0v) is 16.3. The Bertz CT molecular complexity index is 669. The Morgan fingerprint density at radius 2 is 2.04 bits per heavy atom. The first kappa shape index (κ1) is 19.3. The van der Waals surface area contributed by atoms with Crippen molar-refractivity contribution in [2.45, 2.75) is 32.6 Å². The Balaban J connectivity index is 1.51. The third-order valence-corrected chi connectivity index (χ3v) is 5.10. The number of carbonyl (C=O) groups excluding carboxylic acids is 1. The standard InChI is InChI=1S/C20H30N4O3/c1-3-22-20(24-10-7-16(8-11-24)13-19(25)21-2)23-9-6-15-4-5-17-18(12-15)27-14-26-17/h4-5,12,16H,3,6-11,13-14H2,1-2H3,(H,21,25)(H,22,23). The molecule has 0 aliphatic carbocycles. The number of nitrogens with one attached hydrogen (secondary N) is 2. The van der Waals surface area contributed by atoms with Crippen LogP contribution in [0.25, 0.3) is 0 Å². The lowest BCUT2D eigenvalue weighted by Crippen LogP contribution is -2.46. The molecule has 0 saturated carbocycles. The van der Waals surface area contributed by atoms with Gasteiger partial charge in [0.1, 0.15) is 0 Å². The van der Waals surface area contributed by atoms with Gasteiger partial charge in [-0.3, -0.25) is 9.79 Å². The van der Waals surface area contributed by atoms with E-state index < -0.39 is 0 Å². The van der Waals surface area contributed by atoms with Crippen LogP contribution in [0.1, 0.15) is 31.7 Å². The molecule has 0 spiro atoms. The normalized spacial score (nSPS) is 17.1. The van der Waals surface area contributed by atoms with Crippen LogP contribution < -0.4 is 20.1 Å². The van der Waals surface area contributed by atoms with Crippen molar-refractivity contribution < 1.29 is 14.3 Å². The number of rotatable bonds is 6. The minimum absolute atomic E-state index is 0.137. The van der Waals surface area contributed by atoms with Crippen molar-refractivity contribution >= 4 is 11.9 Å². The van der Waals surface area contributed by atoms with Crippen molar-refractivity contribution in [2.75, 3.05) is 40.0 Å². The average molecular weight is 374 g/mol. The number of likely N-dealkylation sites (tertiary alicyclic amines) is 1. The van der Waals surface area contributed by atoms with Crippen LogP contribution in [0.5, 0.6) is 11.5 Å². The number of fused-ring (bicyclic) bond motifs is 1. The summed E-state index contributed by atoms with van der Waals surface area (Å²) in [6.07, 6.45) is 3.54. The van der Waals surface area contributed by atoms with E-state index in [0.29, 0.717) is 19.1 Å². The minimum Gasteiger partial charge on any atom is -0.454 e. The van der Waals surface area contributed by atoms with Gasteiger partial charge in [-0.25, -0.2) is 0 Å². The van der Waals surface area contributed by atoms with Crippen molar-refractivity contribution in [3.8, 4) is 11.5 Å². The highest BCUT2D eigenvalue weighted by Crippen LogP contribution is 2.32. The Morgan fingerprint density at radius 1 is 1.26 bits per heavy atom. The lowest BCUT2D eigenvalue weighted by Gasteiger charge is -2.34. The van der Waals surface area contributed by atoms with Gasteiger partial charge in [0.15, 0.2) is 17.5 Å². The number of piperidine rings is 1. The lowest BCUT2D eigenvalue weighted by atomic mass is 9.93. The average Bonchev–Trinajstić information content (AvgIpc) is 3.16. The summed E-state index contributed by atoms with van der Waals surface area (Å²) >= 11 is 0. The van der Waals surface area contributed by atoms with E-state index in [4.69, 9.17) is 14.5 Å². The smallest absolute Gasteiger partial charge is 0.231 e. The van der Waals surface area contributed by atoms with Crippen LogP contribution >= 0.6 is 0 Å². The maximum atomic E-state index is 11.6. The van der Waals surface area contributed by atoms with Crippen molar-refractivity contribution in [3.05, 3.63) is 23.8 Å².